The molecule has 0 atom stereocenters. The van der Waals surface area contributed by atoms with Crippen LogP contribution in [0.3, 0.4) is 0 Å². The number of rotatable bonds is 8. The van der Waals surface area contributed by atoms with Crippen molar-refractivity contribution in [3.05, 3.63) is 102 Å². The number of hydrogen-bond donors (Lipinski definition) is 2. The van der Waals surface area contributed by atoms with Crippen molar-refractivity contribution >= 4 is 17.5 Å². The summed E-state index contributed by atoms with van der Waals surface area (Å²) in [6.07, 6.45) is 3.63. The summed E-state index contributed by atoms with van der Waals surface area (Å²) in [4.78, 5) is 25.1. The van der Waals surface area contributed by atoms with Crippen LogP contribution < -0.4 is 10.6 Å². The van der Waals surface area contributed by atoms with Gasteiger partial charge in [-0.1, -0.05) is 60.7 Å². The van der Waals surface area contributed by atoms with Crippen molar-refractivity contribution in [3.63, 3.8) is 0 Å². The maximum absolute atomic E-state index is 12.8. The Bertz CT molecular complexity index is 994. The van der Waals surface area contributed by atoms with E-state index in [0.717, 1.165) is 36.9 Å². The van der Waals surface area contributed by atoms with Gasteiger partial charge in [-0.3, -0.25) is 9.59 Å². The summed E-state index contributed by atoms with van der Waals surface area (Å²) in [5.41, 5.74) is 3.25. The number of hydrogen-bond acceptors (Lipinski definition) is 2. The van der Waals surface area contributed by atoms with Crippen molar-refractivity contribution in [2.45, 2.75) is 31.1 Å². The van der Waals surface area contributed by atoms with Crippen LogP contribution in [0.2, 0.25) is 0 Å². The van der Waals surface area contributed by atoms with Crippen molar-refractivity contribution in [1.29, 1.82) is 0 Å². The predicted molar refractivity (Wildman–Crippen MR) is 120 cm³/mol. The lowest BCUT2D eigenvalue weighted by molar-refractivity contribution is -0.123. The van der Waals surface area contributed by atoms with Crippen LogP contribution >= 0.6 is 0 Å². The highest BCUT2D eigenvalue weighted by molar-refractivity contribution is 6.04. The topological polar surface area (TPSA) is 58.2 Å². The average molecular weight is 399 g/mol. The molecule has 0 heterocycles. The highest BCUT2D eigenvalue weighted by Crippen LogP contribution is 2.48. The molecule has 3 aromatic carbocycles. The lowest BCUT2D eigenvalue weighted by Crippen LogP contribution is -2.35. The van der Waals surface area contributed by atoms with Gasteiger partial charge in [0.1, 0.15) is 0 Å². The maximum atomic E-state index is 12.8. The van der Waals surface area contributed by atoms with Gasteiger partial charge in [0.15, 0.2) is 0 Å². The SMILES string of the molecule is O=C(Nc1ccc(C2(C(=O)NCCCc3ccccc3)CC2)cc1)c1ccccc1. The van der Waals surface area contributed by atoms with Gasteiger partial charge in [-0.05, 0) is 61.1 Å². The number of benzene rings is 3. The van der Waals surface area contributed by atoms with E-state index in [0.29, 0.717) is 12.1 Å². The van der Waals surface area contributed by atoms with Gasteiger partial charge in [-0.15, -0.1) is 0 Å². The fraction of sp³-hybridized carbons (Fsp3) is 0.231. The predicted octanol–water partition coefficient (Wildman–Crippen LogP) is 4.72. The van der Waals surface area contributed by atoms with E-state index >= 15 is 0 Å². The van der Waals surface area contributed by atoms with E-state index in [-0.39, 0.29) is 11.8 Å². The summed E-state index contributed by atoms with van der Waals surface area (Å²) < 4.78 is 0. The second-order valence-electron chi connectivity index (χ2n) is 7.82. The fourth-order valence-corrected chi connectivity index (χ4v) is 3.75. The Morgan fingerprint density at radius 2 is 1.43 bits per heavy atom. The molecule has 0 bridgehead atoms. The van der Waals surface area contributed by atoms with E-state index in [9.17, 15) is 9.59 Å². The molecule has 0 unspecified atom stereocenters. The summed E-state index contributed by atoms with van der Waals surface area (Å²) in [5.74, 6) is -0.0303. The van der Waals surface area contributed by atoms with Gasteiger partial charge in [0, 0.05) is 17.8 Å². The van der Waals surface area contributed by atoms with E-state index in [4.69, 9.17) is 0 Å². The van der Waals surface area contributed by atoms with Crippen molar-refractivity contribution in [3.8, 4) is 0 Å². The third kappa shape index (κ3) is 4.60. The van der Waals surface area contributed by atoms with Gasteiger partial charge in [0.2, 0.25) is 5.91 Å². The highest BCUT2D eigenvalue weighted by atomic mass is 16.2. The fourth-order valence-electron chi connectivity index (χ4n) is 3.75. The molecule has 0 aliphatic heterocycles. The second kappa shape index (κ2) is 8.95. The standard InChI is InChI=1S/C26H26N2O2/c29-24(21-11-5-2-6-12-21)28-23-15-13-22(14-16-23)26(17-18-26)25(30)27-19-7-10-20-8-3-1-4-9-20/h1-6,8-9,11-16H,7,10,17-19H2,(H,27,30)(H,28,29). The largest absolute Gasteiger partial charge is 0.355 e. The molecule has 3 aromatic rings. The van der Waals surface area contributed by atoms with Crippen LogP contribution in [0, 0.1) is 0 Å². The quantitative estimate of drug-likeness (QED) is 0.540. The minimum Gasteiger partial charge on any atom is -0.355 e. The molecule has 1 fully saturated rings. The molecule has 4 rings (SSSR count). The monoisotopic (exact) mass is 398 g/mol. The molecule has 0 spiro atoms. The van der Waals surface area contributed by atoms with Gasteiger partial charge in [0.05, 0.1) is 5.41 Å². The van der Waals surface area contributed by atoms with Crippen LogP contribution in [0.5, 0.6) is 0 Å². The van der Waals surface area contributed by atoms with Gasteiger partial charge < -0.3 is 10.6 Å². The van der Waals surface area contributed by atoms with Gasteiger partial charge >= 0.3 is 0 Å². The van der Waals surface area contributed by atoms with Crippen LogP contribution in [-0.4, -0.2) is 18.4 Å². The minimum absolute atomic E-state index is 0.108. The third-order valence-electron chi connectivity index (χ3n) is 5.69. The van der Waals surface area contributed by atoms with Crippen molar-refractivity contribution in [2.24, 2.45) is 0 Å². The van der Waals surface area contributed by atoms with Gasteiger partial charge in [0.25, 0.3) is 5.91 Å². The molecule has 1 aliphatic carbocycles. The highest BCUT2D eigenvalue weighted by Gasteiger charge is 2.50. The summed E-state index contributed by atoms with van der Waals surface area (Å²) >= 11 is 0. The second-order valence-corrected chi connectivity index (χ2v) is 7.82. The lowest BCUT2D eigenvalue weighted by Gasteiger charge is -2.16. The zero-order chi connectivity index (χ0) is 20.8. The Morgan fingerprint density at radius 1 is 0.800 bits per heavy atom. The summed E-state index contributed by atoms with van der Waals surface area (Å²) in [7, 11) is 0. The number of amides is 2. The van der Waals surface area contributed by atoms with Crippen LogP contribution in [0.25, 0.3) is 0 Å². The normalized spacial score (nSPS) is 14.0. The number of carbonyl (C=O) groups excluding carboxylic acids is 2. The molecule has 4 nitrogen and oxygen atoms in total. The number of carbonyl (C=O) groups is 2. The van der Waals surface area contributed by atoms with E-state index in [1.54, 1.807) is 12.1 Å². The van der Waals surface area contributed by atoms with Crippen LogP contribution in [0.4, 0.5) is 5.69 Å². The Hall–Kier alpha value is -3.40. The van der Waals surface area contributed by atoms with Crippen LogP contribution in [0.1, 0.15) is 40.7 Å². The zero-order valence-electron chi connectivity index (χ0n) is 16.9. The van der Waals surface area contributed by atoms with E-state index < -0.39 is 5.41 Å². The molecular formula is C26H26N2O2. The van der Waals surface area contributed by atoms with E-state index in [2.05, 4.69) is 22.8 Å². The molecule has 2 N–H and O–H groups in total. The molecule has 0 saturated heterocycles. The van der Waals surface area contributed by atoms with E-state index in [1.165, 1.54) is 5.56 Å². The van der Waals surface area contributed by atoms with E-state index in [1.807, 2.05) is 60.7 Å². The molecule has 30 heavy (non-hydrogen) atoms. The molecule has 1 saturated carbocycles. The van der Waals surface area contributed by atoms with Gasteiger partial charge in [-0.25, -0.2) is 0 Å². The van der Waals surface area contributed by atoms with Gasteiger partial charge in [-0.2, -0.15) is 0 Å². The summed E-state index contributed by atoms with van der Waals surface area (Å²) in [6.45, 7) is 0.681. The Balaban J connectivity index is 1.30. The van der Waals surface area contributed by atoms with Crippen molar-refractivity contribution in [1.82, 2.24) is 5.32 Å². The average Bonchev–Trinajstić information content (AvgIpc) is 3.60. The molecule has 152 valence electrons. The molecule has 4 heteroatoms. The maximum Gasteiger partial charge on any atom is 0.255 e. The van der Waals surface area contributed by atoms with Crippen LogP contribution in [-0.2, 0) is 16.6 Å². The Morgan fingerprint density at radius 3 is 2.07 bits per heavy atom. The first kappa shape index (κ1) is 19.9. The Labute approximate surface area is 177 Å². The summed E-state index contributed by atoms with van der Waals surface area (Å²) in [5, 5.41) is 6.02. The number of aryl methyl sites for hydroxylation is 1. The smallest absolute Gasteiger partial charge is 0.255 e. The number of anilines is 1. The lowest BCUT2D eigenvalue weighted by atomic mass is 9.94. The first-order chi connectivity index (χ1) is 14.7. The van der Waals surface area contributed by atoms with Crippen LogP contribution in [0.15, 0.2) is 84.9 Å². The molecule has 0 aromatic heterocycles. The zero-order valence-corrected chi connectivity index (χ0v) is 16.9. The molecular weight excluding hydrogens is 372 g/mol. The first-order valence-corrected chi connectivity index (χ1v) is 10.5. The number of nitrogens with one attached hydrogen (secondary N) is 2. The first-order valence-electron chi connectivity index (χ1n) is 10.5. The minimum atomic E-state index is -0.408. The molecule has 1 aliphatic rings. The van der Waals surface area contributed by atoms with Crippen molar-refractivity contribution < 1.29 is 9.59 Å². The molecule has 0 radical (unpaired) electrons. The van der Waals surface area contributed by atoms with Crippen molar-refractivity contribution in [2.75, 3.05) is 11.9 Å². The Kier molecular flexibility index (Phi) is 5.94. The molecule has 2 amide bonds. The summed E-state index contributed by atoms with van der Waals surface area (Å²) in [6, 6.07) is 27.1. The third-order valence-corrected chi connectivity index (χ3v) is 5.69.